The number of nitro benzene ring substituents is 1. The highest BCUT2D eigenvalue weighted by atomic mass is 16.6. The Labute approximate surface area is 195 Å². The molecule has 10 nitrogen and oxygen atoms in total. The Morgan fingerprint density at radius 3 is 2.44 bits per heavy atom. The molecule has 0 saturated carbocycles. The van der Waals surface area contributed by atoms with Gasteiger partial charge < -0.3 is 19.1 Å². The first-order chi connectivity index (χ1) is 16.6. The molecule has 2 aromatic carbocycles. The molecule has 1 aliphatic heterocycles. The molecule has 0 unspecified atom stereocenters. The topological polar surface area (TPSA) is 111 Å². The maximum absolute atomic E-state index is 11.9. The van der Waals surface area contributed by atoms with E-state index in [1.165, 1.54) is 6.07 Å². The lowest BCUT2D eigenvalue weighted by atomic mass is 10.1. The summed E-state index contributed by atoms with van der Waals surface area (Å²) in [5, 5.41) is 15.9. The summed E-state index contributed by atoms with van der Waals surface area (Å²) in [7, 11) is 1.64. The van der Waals surface area contributed by atoms with Crippen molar-refractivity contribution < 1.29 is 14.2 Å². The zero-order valence-corrected chi connectivity index (χ0v) is 18.5. The number of hydrogen-bond donors (Lipinski definition) is 0. The van der Waals surface area contributed by atoms with Crippen molar-refractivity contribution in [2.45, 2.75) is 0 Å². The van der Waals surface area contributed by atoms with Crippen molar-refractivity contribution in [2.75, 3.05) is 43.1 Å². The summed E-state index contributed by atoms with van der Waals surface area (Å²) in [5.41, 5.74) is 2.74. The molecule has 5 rings (SSSR count). The predicted molar refractivity (Wildman–Crippen MR) is 127 cm³/mol. The third-order valence-corrected chi connectivity index (χ3v) is 5.80. The van der Waals surface area contributed by atoms with Crippen LogP contribution in [0.1, 0.15) is 0 Å². The number of ether oxygens (including phenoxy) is 1. The van der Waals surface area contributed by atoms with Crippen molar-refractivity contribution in [3.05, 3.63) is 77.0 Å². The zero-order chi connectivity index (χ0) is 23.5. The third-order valence-electron chi connectivity index (χ3n) is 5.80. The van der Waals surface area contributed by atoms with E-state index in [9.17, 15) is 10.1 Å². The molecule has 0 bridgehead atoms. The molecule has 0 atom stereocenters. The van der Waals surface area contributed by atoms with Crippen LogP contribution in [0.15, 0.2) is 71.4 Å². The summed E-state index contributed by atoms with van der Waals surface area (Å²) in [6.07, 6.45) is 1.64. The van der Waals surface area contributed by atoms with Crippen molar-refractivity contribution in [1.82, 2.24) is 15.1 Å². The average Bonchev–Trinajstić information content (AvgIpc) is 3.39. The van der Waals surface area contributed by atoms with Crippen LogP contribution in [0.4, 0.5) is 17.1 Å². The van der Waals surface area contributed by atoms with Crippen LogP contribution in [0.3, 0.4) is 0 Å². The molecule has 0 aliphatic carbocycles. The fourth-order valence-electron chi connectivity index (χ4n) is 4.01. The lowest BCUT2D eigenvalue weighted by molar-refractivity contribution is -0.384. The van der Waals surface area contributed by atoms with Gasteiger partial charge in [0.05, 0.1) is 12.0 Å². The molecule has 0 radical (unpaired) electrons. The second-order valence-electron chi connectivity index (χ2n) is 7.77. The summed E-state index contributed by atoms with van der Waals surface area (Å²) in [4.78, 5) is 24.4. The average molecular weight is 458 g/mol. The van der Waals surface area contributed by atoms with Gasteiger partial charge in [0.1, 0.15) is 17.1 Å². The monoisotopic (exact) mass is 458 g/mol. The van der Waals surface area contributed by atoms with Crippen LogP contribution in [-0.2, 0) is 0 Å². The first-order valence-electron chi connectivity index (χ1n) is 10.8. The third kappa shape index (κ3) is 4.25. The zero-order valence-electron chi connectivity index (χ0n) is 18.5. The normalized spacial score (nSPS) is 13.7. The second-order valence-corrected chi connectivity index (χ2v) is 7.77. The van der Waals surface area contributed by atoms with Crippen molar-refractivity contribution in [1.29, 1.82) is 0 Å². The van der Waals surface area contributed by atoms with Gasteiger partial charge in [-0.15, -0.1) is 0 Å². The van der Waals surface area contributed by atoms with Gasteiger partial charge in [-0.1, -0.05) is 11.2 Å². The minimum Gasteiger partial charge on any atom is -0.497 e. The largest absolute Gasteiger partial charge is 0.497 e. The Kier molecular flexibility index (Phi) is 5.77. The SMILES string of the molecule is COc1ccc(N2CCN(c3ccc(-c4nc(-c5ccccn5)no4)cc3[N+](=O)[O-])CC2)cc1. The number of nitrogens with zero attached hydrogens (tertiary/aromatic N) is 6. The maximum atomic E-state index is 11.9. The van der Waals surface area contributed by atoms with E-state index in [2.05, 4.69) is 20.0 Å². The molecule has 0 spiro atoms. The number of hydrogen-bond acceptors (Lipinski definition) is 9. The van der Waals surface area contributed by atoms with Gasteiger partial charge in [0.2, 0.25) is 5.82 Å². The quantitative estimate of drug-likeness (QED) is 0.312. The lowest BCUT2D eigenvalue weighted by Crippen LogP contribution is -2.46. The molecular weight excluding hydrogens is 436 g/mol. The fourth-order valence-corrected chi connectivity index (χ4v) is 4.01. The van der Waals surface area contributed by atoms with Crippen LogP contribution < -0.4 is 14.5 Å². The number of aromatic nitrogens is 3. The van der Waals surface area contributed by atoms with Gasteiger partial charge in [0.15, 0.2) is 0 Å². The van der Waals surface area contributed by atoms with Gasteiger partial charge in [-0.2, -0.15) is 4.98 Å². The van der Waals surface area contributed by atoms with Gasteiger partial charge in [0, 0.05) is 49.7 Å². The number of rotatable bonds is 6. The Morgan fingerprint density at radius 1 is 1.00 bits per heavy atom. The molecule has 34 heavy (non-hydrogen) atoms. The molecule has 172 valence electrons. The van der Waals surface area contributed by atoms with E-state index < -0.39 is 0 Å². The summed E-state index contributed by atoms with van der Waals surface area (Å²) < 4.78 is 10.6. The van der Waals surface area contributed by atoms with Crippen molar-refractivity contribution in [3.8, 4) is 28.7 Å². The summed E-state index contributed by atoms with van der Waals surface area (Å²) in [5.74, 6) is 1.35. The van der Waals surface area contributed by atoms with Crippen LogP contribution in [-0.4, -0.2) is 53.3 Å². The highest BCUT2D eigenvalue weighted by molar-refractivity contribution is 5.72. The molecule has 10 heteroatoms. The van der Waals surface area contributed by atoms with E-state index in [4.69, 9.17) is 9.26 Å². The van der Waals surface area contributed by atoms with E-state index >= 15 is 0 Å². The van der Waals surface area contributed by atoms with Crippen molar-refractivity contribution in [2.24, 2.45) is 0 Å². The highest BCUT2D eigenvalue weighted by Gasteiger charge is 2.25. The number of pyridine rings is 1. The van der Waals surface area contributed by atoms with E-state index in [1.54, 1.807) is 37.6 Å². The first kappa shape index (κ1) is 21.4. The molecule has 0 amide bonds. The number of benzene rings is 2. The van der Waals surface area contributed by atoms with Crippen LogP contribution in [0.25, 0.3) is 23.0 Å². The minimum atomic E-state index is -0.370. The summed E-state index contributed by atoms with van der Waals surface area (Å²) >= 11 is 0. The lowest BCUT2D eigenvalue weighted by Gasteiger charge is -2.37. The maximum Gasteiger partial charge on any atom is 0.293 e. The standard InChI is InChI=1S/C24H22N6O4/c1-33-19-8-6-18(7-9-19)28-12-14-29(15-13-28)21-10-5-17(16-22(21)30(31)32)24-26-23(27-34-24)20-4-2-3-11-25-20/h2-11,16H,12-15H2,1H3. The van der Waals surface area contributed by atoms with Crippen LogP contribution in [0.2, 0.25) is 0 Å². The van der Waals surface area contributed by atoms with E-state index in [0.29, 0.717) is 35.9 Å². The Hall–Kier alpha value is -4.47. The summed E-state index contributed by atoms with van der Waals surface area (Å²) in [6.45, 7) is 2.83. The highest BCUT2D eigenvalue weighted by Crippen LogP contribution is 2.34. The number of anilines is 2. The molecule has 1 aliphatic rings. The van der Waals surface area contributed by atoms with Gasteiger partial charge >= 0.3 is 0 Å². The number of piperazine rings is 1. The first-order valence-corrected chi connectivity index (χ1v) is 10.8. The molecular formula is C24H22N6O4. The molecule has 0 N–H and O–H groups in total. The van der Waals surface area contributed by atoms with Gasteiger partial charge in [-0.25, -0.2) is 0 Å². The van der Waals surface area contributed by atoms with Crippen molar-refractivity contribution in [3.63, 3.8) is 0 Å². The minimum absolute atomic E-state index is 0.00739. The Morgan fingerprint density at radius 2 is 1.76 bits per heavy atom. The smallest absolute Gasteiger partial charge is 0.293 e. The van der Waals surface area contributed by atoms with Gasteiger partial charge in [-0.05, 0) is 48.5 Å². The van der Waals surface area contributed by atoms with E-state index in [-0.39, 0.29) is 16.5 Å². The van der Waals surface area contributed by atoms with E-state index in [0.717, 1.165) is 24.5 Å². The van der Waals surface area contributed by atoms with Crippen LogP contribution in [0, 0.1) is 10.1 Å². The van der Waals surface area contributed by atoms with E-state index in [1.807, 2.05) is 35.2 Å². The Bertz CT molecular complexity index is 1280. The summed E-state index contributed by atoms with van der Waals surface area (Å²) in [6, 6.07) is 18.3. The van der Waals surface area contributed by atoms with Crippen LogP contribution in [0.5, 0.6) is 5.75 Å². The molecule has 1 fully saturated rings. The number of nitro groups is 1. The molecule has 2 aromatic heterocycles. The molecule has 1 saturated heterocycles. The Balaban J connectivity index is 1.34. The van der Waals surface area contributed by atoms with Gasteiger partial charge in [0.25, 0.3) is 11.6 Å². The molecule has 3 heterocycles. The second kappa shape index (κ2) is 9.18. The number of methoxy groups -OCH3 is 1. The van der Waals surface area contributed by atoms with Gasteiger partial charge in [-0.3, -0.25) is 15.1 Å². The van der Waals surface area contributed by atoms with Crippen molar-refractivity contribution >= 4 is 17.1 Å². The van der Waals surface area contributed by atoms with Crippen LogP contribution >= 0.6 is 0 Å². The fraction of sp³-hybridized carbons (Fsp3) is 0.208. The predicted octanol–water partition coefficient (Wildman–Crippen LogP) is 4.04. The molecule has 4 aromatic rings.